The van der Waals surface area contributed by atoms with Gasteiger partial charge in [0.2, 0.25) is 0 Å². The summed E-state index contributed by atoms with van der Waals surface area (Å²) in [6.45, 7) is -0.608. The van der Waals surface area contributed by atoms with Gasteiger partial charge in [-0.05, 0) is 24.3 Å². The molecule has 7 heteroatoms. The van der Waals surface area contributed by atoms with Crippen molar-refractivity contribution in [2.45, 2.75) is 18.2 Å². The molecule has 0 fully saturated rings. The van der Waals surface area contributed by atoms with Gasteiger partial charge in [-0.15, -0.1) is 0 Å². The van der Waals surface area contributed by atoms with Gasteiger partial charge in [-0.1, -0.05) is 24.3 Å². The standard InChI is InChI=1S/C19H22N2O5/c22-12-18(25)19(26)15(21-10-14-6-2-4-8-17(14)24)11-20-9-13-5-1-3-7-16(13)23/h1-10,15,18-19,22-26H,11-12H2/t15-,18+,19-/m0/s1. The van der Waals surface area contributed by atoms with Crippen LogP contribution in [0.5, 0.6) is 11.5 Å². The summed E-state index contributed by atoms with van der Waals surface area (Å²) in [6, 6.07) is 12.3. The van der Waals surface area contributed by atoms with Gasteiger partial charge in [0.1, 0.15) is 23.7 Å². The molecule has 5 N–H and O–H groups in total. The molecule has 0 aromatic heterocycles. The van der Waals surface area contributed by atoms with Crippen molar-refractivity contribution in [3.63, 3.8) is 0 Å². The Morgan fingerprint density at radius 1 is 0.846 bits per heavy atom. The van der Waals surface area contributed by atoms with Crippen LogP contribution in [0.25, 0.3) is 0 Å². The fourth-order valence-electron chi connectivity index (χ4n) is 2.24. The molecule has 0 bridgehead atoms. The van der Waals surface area contributed by atoms with E-state index < -0.39 is 24.9 Å². The minimum atomic E-state index is -1.37. The van der Waals surface area contributed by atoms with Crippen molar-refractivity contribution in [1.29, 1.82) is 0 Å². The van der Waals surface area contributed by atoms with Crippen LogP contribution >= 0.6 is 0 Å². The number of aliphatic imine (C=N–C) groups is 2. The maximum atomic E-state index is 10.2. The van der Waals surface area contributed by atoms with Crippen LogP contribution < -0.4 is 0 Å². The zero-order valence-electron chi connectivity index (χ0n) is 14.1. The molecule has 0 aliphatic heterocycles. The van der Waals surface area contributed by atoms with E-state index in [0.29, 0.717) is 11.1 Å². The maximum absolute atomic E-state index is 10.2. The third-order valence-corrected chi connectivity index (χ3v) is 3.78. The highest BCUT2D eigenvalue weighted by atomic mass is 16.4. The predicted molar refractivity (Wildman–Crippen MR) is 99.2 cm³/mol. The number of rotatable bonds is 8. The Labute approximate surface area is 151 Å². The van der Waals surface area contributed by atoms with E-state index in [4.69, 9.17) is 5.11 Å². The molecule has 26 heavy (non-hydrogen) atoms. The summed E-state index contributed by atoms with van der Waals surface area (Å²) in [5, 5.41) is 48.4. The zero-order valence-corrected chi connectivity index (χ0v) is 14.1. The van der Waals surface area contributed by atoms with Gasteiger partial charge in [-0.2, -0.15) is 0 Å². The second-order valence-corrected chi connectivity index (χ2v) is 5.70. The largest absolute Gasteiger partial charge is 0.507 e. The molecule has 7 nitrogen and oxygen atoms in total. The Morgan fingerprint density at radius 3 is 1.92 bits per heavy atom. The molecular formula is C19H22N2O5. The highest BCUT2D eigenvalue weighted by molar-refractivity contribution is 5.84. The summed E-state index contributed by atoms with van der Waals surface area (Å²) in [7, 11) is 0. The number of aliphatic hydroxyl groups excluding tert-OH is 3. The second-order valence-electron chi connectivity index (χ2n) is 5.70. The van der Waals surface area contributed by atoms with Crippen LogP contribution in [0.1, 0.15) is 11.1 Å². The van der Waals surface area contributed by atoms with Crippen LogP contribution in [0.15, 0.2) is 58.5 Å². The lowest BCUT2D eigenvalue weighted by Gasteiger charge is -2.21. The lowest BCUT2D eigenvalue weighted by molar-refractivity contribution is -0.0238. The predicted octanol–water partition coefficient (Wildman–Crippen LogP) is 0.718. The first-order chi connectivity index (χ1) is 12.5. The average Bonchev–Trinajstić information content (AvgIpc) is 2.65. The van der Waals surface area contributed by atoms with Crippen LogP contribution in [0.2, 0.25) is 0 Å². The van der Waals surface area contributed by atoms with Crippen molar-refractivity contribution in [2.75, 3.05) is 13.2 Å². The molecule has 2 aromatic carbocycles. The van der Waals surface area contributed by atoms with Gasteiger partial charge in [0, 0.05) is 23.6 Å². The number of phenols is 2. The summed E-state index contributed by atoms with van der Waals surface area (Å²) in [6.07, 6.45) is 0.101. The van der Waals surface area contributed by atoms with Crippen LogP contribution in [0.4, 0.5) is 0 Å². The monoisotopic (exact) mass is 358 g/mol. The van der Waals surface area contributed by atoms with Gasteiger partial charge < -0.3 is 25.5 Å². The van der Waals surface area contributed by atoms with Crippen LogP contribution in [0.3, 0.4) is 0 Å². The summed E-state index contributed by atoms with van der Waals surface area (Å²) < 4.78 is 0. The molecule has 2 rings (SSSR count). The Bertz CT molecular complexity index is 763. The third-order valence-electron chi connectivity index (χ3n) is 3.78. The number of hydrogen-bond donors (Lipinski definition) is 5. The Morgan fingerprint density at radius 2 is 1.38 bits per heavy atom. The topological polar surface area (TPSA) is 126 Å². The molecule has 0 heterocycles. The molecule has 0 amide bonds. The number of aromatic hydroxyl groups is 2. The fraction of sp³-hybridized carbons (Fsp3) is 0.263. The van der Waals surface area contributed by atoms with Gasteiger partial charge in [0.15, 0.2) is 0 Å². The van der Waals surface area contributed by atoms with E-state index in [1.165, 1.54) is 24.6 Å². The maximum Gasteiger partial charge on any atom is 0.124 e. The summed E-state index contributed by atoms with van der Waals surface area (Å²) >= 11 is 0. The Balaban J connectivity index is 2.16. The van der Waals surface area contributed by atoms with Crippen molar-refractivity contribution in [3.05, 3.63) is 59.7 Å². The molecular weight excluding hydrogens is 336 g/mol. The number of nitrogens with zero attached hydrogens (tertiary/aromatic N) is 2. The molecule has 2 aromatic rings. The molecule has 3 atom stereocenters. The third kappa shape index (κ3) is 5.38. The lowest BCUT2D eigenvalue weighted by atomic mass is 10.1. The molecule has 138 valence electrons. The van der Waals surface area contributed by atoms with Crippen molar-refractivity contribution < 1.29 is 25.5 Å². The van der Waals surface area contributed by atoms with E-state index in [1.807, 2.05) is 0 Å². The Hall–Kier alpha value is -2.74. The highest BCUT2D eigenvalue weighted by Gasteiger charge is 2.25. The molecule has 0 aliphatic carbocycles. The molecule has 0 spiro atoms. The number of hydrogen-bond acceptors (Lipinski definition) is 7. The fourth-order valence-corrected chi connectivity index (χ4v) is 2.24. The first kappa shape index (κ1) is 19.6. The minimum Gasteiger partial charge on any atom is -0.507 e. The van der Waals surface area contributed by atoms with Crippen LogP contribution in [-0.4, -0.2) is 69.4 Å². The van der Waals surface area contributed by atoms with E-state index in [-0.39, 0.29) is 18.0 Å². The molecule has 0 saturated heterocycles. The second kappa shape index (κ2) is 9.67. The van der Waals surface area contributed by atoms with Gasteiger partial charge >= 0.3 is 0 Å². The number of aliphatic hydroxyl groups is 3. The zero-order chi connectivity index (χ0) is 18.9. The van der Waals surface area contributed by atoms with Gasteiger partial charge in [0.05, 0.1) is 19.2 Å². The summed E-state index contributed by atoms with van der Waals surface area (Å²) in [5.41, 5.74) is 0.959. The van der Waals surface area contributed by atoms with Crippen molar-refractivity contribution in [1.82, 2.24) is 0 Å². The van der Waals surface area contributed by atoms with Gasteiger partial charge in [0.25, 0.3) is 0 Å². The van der Waals surface area contributed by atoms with Crippen LogP contribution in [0, 0.1) is 0 Å². The van der Waals surface area contributed by atoms with Crippen molar-refractivity contribution in [3.8, 4) is 11.5 Å². The van der Waals surface area contributed by atoms with E-state index in [9.17, 15) is 20.4 Å². The molecule has 0 unspecified atom stereocenters. The van der Waals surface area contributed by atoms with E-state index in [1.54, 1.807) is 36.4 Å². The normalized spacial score (nSPS) is 15.3. The van der Waals surface area contributed by atoms with Gasteiger partial charge in [-0.25, -0.2) is 0 Å². The first-order valence-electron chi connectivity index (χ1n) is 8.09. The average molecular weight is 358 g/mol. The SMILES string of the molecule is OC[C@@H](O)[C@@H](O)[C@H](CN=Cc1ccccc1O)N=Cc1ccccc1O. The smallest absolute Gasteiger partial charge is 0.124 e. The Kier molecular flexibility index (Phi) is 7.28. The van der Waals surface area contributed by atoms with Gasteiger partial charge in [-0.3, -0.25) is 9.98 Å². The summed E-state index contributed by atoms with van der Waals surface area (Å²) in [4.78, 5) is 8.36. The quantitative estimate of drug-likeness (QED) is 0.445. The van der Waals surface area contributed by atoms with Crippen molar-refractivity contribution in [2.24, 2.45) is 9.98 Å². The number of phenolic OH excluding ortho intramolecular Hbond substituents is 2. The van der Waals surface area contributed by atoms with E-state index >= 15 is 0 Å². The lowest BCUT2D eigenvalue weighted by Crippen LogP contribution is -2.40. The minimum absolute atomic E-state index is 0.0106. The highest BCUT2D eigenvalue weighted by Crippen LogP contribution is 2.15. The first-order valence-corrected chi connectivity index (χ1v) is 8.09. The molecule has 0 aliphatic rings. The van der Waals surface area contributed by atoms with Crippen molar-refractivity contribution >= 4 is 12.4 Å². The molecule has 0 saturated carbocycles. The summed E-state index contributed by atoms with van der Waals surface area (Å²) in [5.74, 6) is 0.103. The number of benzene rings is 2. The van der Waals surface area contributed by atoms with Crippen LogP contribution in [-0.2, 0) is 0 Å². The number of para-hydroxylation sites is 2. The van der Waals surface area contributed by atoms with E-state index in [0.717, 1.165) is 0 Å². The van der Waals surface area contributed by atoms with E-state index in [2.05, 4.69) is 9.98 Å². The molecule has 0 radical (unpaired) electrons.